The van der Waals surface area contributed by atoms with E-state index in [9.17, 15) is 4.79 Å². The molecule has 1 aliphatic heterocycles. The Bertz CT molecular complexity index is 363. The Morgan fingerprint density at radius 2 is 2.44 bits per heavy atom. The molecule has 6 heteroatoms. The van der Waals surface area contributed by atoms with Gasteiger partial charge in [-0.05, 0) is 11.7 Å². The Morgan fingerprint density at radius 3 is 3.19 bits per heavy atom. The van der Waals surface area contributed by atoms with Gasteiger partial charge in [-0.2, -0.15) is 0 Å². The lowest BCUT2D eigenvalue weighted by Gasteiger charge is -2.19. The van der Waals surface area contributed by atoms with Crippen LogP contribution in [-0.2, 0) is 0 Å². The monoisotopic (exact) mass is 235 g/mol. The molecule has 1 amide bonds. The summed E-state index contributed by atoms with van der Waals surface area (Å²) >= 11 is 1.72. The zero-order valence-electron chi connectivity index (χ0n) is 9.27. The number of rotatable bonds is 1. The van der Waals surface area contributed by atoms with E-state index < -0.39 is 0 Å². The first-order valence-corrected chi connectivity index (χ1v) is 6.43. The molecule has 0 bridgehead atoms. The number of hydrogen-bond donors (Lipinski definition) is 1. The van der Waals surface area contributed by atoms with Crippen LogP contribution in [0.1, 0.15) is 10.4 Å². The second-order valence-corrected chi connectivity index (χ2v) is 4.69. The average molecular weight is 235 g/mol. The van der Waals surface area contributed by atoms with E-state index in [1.165, 1.54) is 0 Å². The van der Waals surface area contributed by atoms with E-state index in [4.69, 9.17) is 0 Å². The van der Waals surface area contributed by atoms with Crippen molar-refractivity contribution >= 4 is 31.1 Å². The predicted octanol–water partition coefficient (Wildman–Crippen LogP) is -0.966. The Balaban J connectivity index is 2.08. The SMILES string of the molecule is Bc1ccc(C(=O)N2CCNCSC2)cn1. The quantitative estimate of drug-likeness (QED) is 0.636. The number of pyridine rings is 1. The van der Waals surface area contributed by atoms with Crippen LogP contribution in [0.15, 0.2) is 18.3 Å². The van der Waals surface area contributed by atoms with Crippen molar-refractivity contribution in [3.05, 3.63) is 23.9 Å². The van der Waals surface area contributed by atoms with Gasteiger partial charge in [0.15, 0.2) is 7.85 Å². The van der Waals surface area contributed by atoms with Gasteiger partial charge in [0.1, 0.15) is 0 Å². The molecule has 1 saturated heterocycles. The van der Waals surface area contributed by atoms with Crippen LogP contribution in [0, 0.1) is 0 Å². The first-order valence-electron chi connectivity index (χ1n) is 5.28. The summed E-state index contributed by atoms with van der Waals surface area (Å²) in [6.45, 7) is 1.62. The largest absolute Gasteiger partial charge is 0.328 e. The molecule has 0 radical (unpaired) electrons. The summed E-state index contributed by atoms with van der Waals surface area (Å²) in [6.07, 6.45) is 1.65. The molecule has 0 spiro atoms. The zero-order valence-corrected chi connectivity index (χ0v) is 10.1. The van der Waals surface area contributed by atoms with Crippen LogP contribution < -0.4 is 10.9 Å². The van der Waals surface area contributed by atoms with Gasteiger partial charge in [0, 0.05) is 25.2 Å². The second kappa shape index (κ2) is 5.36. The summed E-state index contributed by atoms with van der Waals surface area (Å²) in [4.78, 5) is 18.1. The van der Waals surface area contributed by atoms with Crippen molar-refractivity contribution in [2.24, 2.45) is 0 Å². The molecule has 0 aliphatic carbocycles. The number of nitrogens with one attached hydrogen (secondary N) is 1. The molecule has 1 aromatic heterocycles. The van der Waals surface area contributed by atoms with Gasteiger partial charge in [-0.25, -0.2) is 0 Å². The highest BCUT2D eigenvalue weighted by atomic mass is 32.2. The van der Waals surface area contributed by atoms with Crippen molar-refractivity contribution in [1.29, 1.82) is 0 Å². The molecule has 0 saturated carbocycles. The van der Waals surface area contributed by atoms with Crippen LogP contribution in [0.3, 0.4) is 0 Å². The molecular weight excluding hydrogens is 221 g/mol. The molecule has 2 rings (SSSR count). The fraction of sp³-hybridized carbons (Fsp3) is 0.400. The highest BCUT2D eigenvalue weighted by Crippen LogP contribution is 2.09. The number of aromatic nitrogens is 1. The highest BCUT2D eigenvalue weighted by Gasteiger charge is 2.17. The summed E-state index contributed by atoms with van der Waals surface area (Å²) in [5.74, 6) is 1.74. The molecule has 2 heterocycles. The minimum absolute atomic E-state index is 0.0729. The standard InChI is InChI=1S/C10H14BN3OS/c11-9-2-1-8(5-13-9)10(15)14-4-3-12-6-16-7-14/h1-2,5,12H,3-4,6-7,11H2. The van der Waals surface area contributed by atoms with Gasteiger partial charge in [-0.15, -0.1) is 11.8 Å². The number of thioether (sulfide) groups is 1. The molecule has 84 valence electrons. The van der Waals surface area contributed by atoms with E-state index in [1.807, 2.05) is 24.9 Å². The van der Waals surface area contributed by atoms with Gasteiger partial charge in [0.2, 0.25) is 0 Å². The Hall–Kier alpha value is -1.01. The number of amides is 1. The maximum absolute atomic E-state index is 12.1. The molecule has 1 fully saturated rings. The lowest BCUT2D eigenvalue weighted by Crippen LogP contribution is -2.34. The third kappa shape index (κ3) is 2.77. The third-order valence-corrected chi connectivity index (χ3v) is 3.36. The summed E-state index contributed by atoms with van der Waals surface area (Å²) in [7, 11) is 1.92. The summed E-state index contributed by atoms with van der Waals surface area (Å²) in [6, 6.07) is 3.71. The van der Waals surface area contributed by atoms with Crippen molar-refractivity contribution in [3.8, 4) is 0 Å². The van der Waals surface area contributed by atoms with Gasteiger partial charge >= 0.3 is 0 Å². The Labute approximate surface area is 100 Å². The van der Waals surface area contributed by atoms with Crippen LogP contribution >= 0.6 is 11.8 Å². The maximum atomic E-state index is 12.1. The first kappa shape index (κ1) is 11.5. The van der Waals surface area contributed by atoms with Gasteiger partial charge in [0.05, 0.1) is 11.4 Å². The molecule has 1 aromatic rings. The van der Waals surface area contributed by atoms with E-state index in [1.54, 1.807) is 18.0 Å². The molecule has 0 unspecified atom stereocenters. The van der Waals surface area contributed by atoms with Crippen molar-refractivity contribution in [2.45, 2.75) is 0 Å². The zero-order chi connectivity index (χ0) is 11.4. The van der Waals surface area contributed by atoms with Crippen LogP contribution in [0.5, 0.6) is 0 Å². The summed E-state index contributed by atoms with van der Waals surface area (Å²) in [5.41, 5.74) is 1.61. The first-order chi connectivity index (χ1) is 7.77. The van der Waals surface area contributed by atoms with Crippen LogP contribution in [-0.4, -0.2) is 48.5 Å². The number of carbonyl (C=O) groups is 1. The molecular formula is C10H14BN3OS. The van der Waals surface area contributed by atoms with Gasteiger partial charge in [-0.1, -0.05) is 6.07 Å². The highest BCUT2D eigenvalue weighted by molar-refractivity contribution is 7.99. The fourth-order valence-electron chi connectivity index (χ4n) is 1.52. The van der Waals surface area contributed by atoms with Crippen molar-refractivity contribution in [1.82, 2.24) is 15.2 Å². The molecule has 0 aromatic carbocycles. The number of hydrogen-bond acceptors (Lipinski definition) is 4. The normalized spacial score (nSPS) is 16.9. The molecule has 16 heavy (non-hydrogen) atoms. The number of nitrogens with zero attached hydrogens (tertiary/aromatic N) is 2. The smallest absolute Gasteiger partial charge is 0.256 e. The van der Waals surface area contributed by atoms with Crippen molar-refractivity contribution in [2.75, 3.05) is 24.8 Å². The lowest BCUT2D eigenvalue weighted by atomic mass is 10.0. The van der Waals surface area contributed by atoms with E-state index >= 15 is 0 Å². The molecule has 1 N–H and O–H groups in total. The Kier molecular flexibility index (Phi) is 3.85. The van der Waals surface area contributed by atoms with Crippen LogP contribution in [0.4, 0.5) is 0 Å². The van der Waals surface area contributed by atoms with Gasteiger partial charge in [0.25, 0.3) is 5.91 Å². The van der Waals surface area contributed by atoms with Crippen molar-refractivity contribution in [3.63, 3.8) is 0 Å². The third-order valence-electron chi connectivity index (χ3n) is 2.46. The van der Waals surface area contributed by atoms with Gasteiger partial charge in [-0.3, -0.25) is 9.78 Å². The number of carbonyl (C=O) groups excluding carboxylic acids is 1. The topological polar surface area (TPSA) is 45.2 Å². The van der Waals surface area contributed by atoms with Gasteiger partial charge < -0.3 is 10.2 Å². The van der Waals surface area contributed by atoms with E-state index in [-0.39, 0.29) is 5.91 Å². The van der Waals surface area contributed by atoms with E-state index in [2.05, 4.69) is 10.3 Å². The van der Waals surface area contributed by atoms with E-state index in [0.29, 0.717) is 5.56 Å². The van der Waals surface area contributed by atoms with Crippen molar-refractivity contribution < 1.29 is 4.79 Å². The second-order valence-electron chi connectivity index (χ2n) is 3.73. The van der Waals surface area contributed by atoms with E-state index in [0.717, 1.165) is 30.4 Å². The maximum Gasteiger partial charge on any atom is 0.256 e. The minimum Gasteiger partial charge on any atom is -0.328 e. The molecule has 4 nitrogen and oxygen atoms in total. The minimum atomic E-state index is 0.0729. The Morgan fingerprint density at radius 1 is 1.56 bits per heavy atom. The summed E-state index contributed by atoms with van der Waals surface area (Å²) in [5, 5.41) is 3.25. The van der Waals surface area contributed by atoms with Crippen LogP contribution in [0.2, 0.25) is 0 Å². The molecule has 0 atom stereocenters. The average Bonchev–Trinajstić information content (AvgIpc) is 2.57. The molecule has 1 aliphatic rings. The summed E-state index contributed by atoms with van der Waals surface area (Å²) < 4.78 is 0. The fourth-order valence-corrected chi connectivity index (χ4v) is 2.36. The lowest BCUT2D eigenvalue weighted by molar-refractivity contribution is 0.0790. The predicted molar refractivity (Wildman–Crippen MR) is 68.8 cm³/mol. The van der Waals surface area contributed by atoms with Crippen LogP contribution in [0.25, 0.3) is 0 Å².